The summed E-state index contributed by atoms with van der Waals surface area (Å²) >= 11 is 1.39. The first kappa shape index (κ1) is 31.3. The summed E-state index contributed by atoms with van der Waals surface area (Å²) in [5, 5.41) is 4.18. The van der Waals surface area contributed by atoms with Crippen LogP contribution in [0.2, 0.25) is 0 Å². The van der Waals surface area contributed by atoms with Gasteiger partial charge in [-0.3, -0.25) is 19.8 Å². The zero-order chi connectivity index (χ0) is 30.9. The van der Waals surface area contributed by atoms with Crippen molar-refractivity contribution in [3.8, 4) is 0 Å². The lowest BCUT2D eigenvalue weighted by atomic mass is 9.76. The standard InChI is InChI=1S/C32H44N4O6S/c1-21-19-32(29(39)36(21)17-18-41-22(2)37)13-8-14-35(20-32)23-11-15-34(16-12-23)28(38)26-24-9-6-7-10-25(24)43-27(26)33-30(40)42-31(3,4)5/h6-7,9-10,21,23H,8,11-20H2,1-5H3,(H,33,40)/p+1. The Kier molecular flexibility index (Phi) is 9.04. The molecule has 0 aliphatic carbocycles. The summed E-state index contributed by atoms with van der Waals surface area (Å²) in [7, 11) is 0. The van der Waals surface area contributed by atoms with E-state index < -0.39 is 11.7 Å². The second kappa shape index (κ2) is 12.4. The average Bonchev–Trinajstić information content (AvgIpc) is 3.41. The molecule has 1 aromatic carbocycles. The fourth-order valence-electron chi connectivity index (χ4n) is 7.04. The number of likely N-dealkylation sites (tertiary alicyclic amines) is 3. The molecular weight excluding hydrogens is 568 g/mol. The molecule has 5 rings (SSSR count). The first-order valence-electron chi connectivity index (χ1n) is 15.4. The van der Waals surface area contributed by atoms with Gasteiger partial charge >= 0.3 is 12.1 Å². The van der Waals surface area contributed by atoms with Gasteiger partial charge in [0, 0.05) is 41.8 Å². The zero-order valence-electron chi connectivity index (χ0n) is 26.0. The minimum absolute atomic E-state index is 0.0783. The Hall–Kier alpha value is -3.18. The van der Waals surface area contributed by atoms with E-state index in [1.54, 1.807) is 0 Å². The fourth-order valence-corrected chi connectivity index (χ4v) is 8.12. The number of hydrogen-bond acceptors (Lipinski definition) is 7. The molecule has 2 atom stereocenters. The molecule has 3 aliphatic heterocycles. The lowest BCUT2D eigenvalue weighted by molar-refractivity contribution is -0.140. The van der Waals surface area contributed by atoms with Gasteiger partial charge in [0.2, 0.25) is 12.5 Å². The Labute approximate surface area is 257 Å². The number of hydrogen-bond donors (Lipinski definition) is 1. The molecule has 2 N–H and O–H groups in total. The second-order valence-corrected chi connectivity index (χ2v) is 14.3. The molecule has 0 bridgehead atoms. The van der Waals surface area contributed by atoms with Gasteiger partial charge in [-0.25, -0.2) is 4.79 Å². The number of amides is 3. The number of benzene rings is 1. The van der Waals surface area contributed by atoms with E-state index in [2.05, 4.69) is 17.1 Å². The summed E-state index contributed by atoms with van der Waals surface area (Å²) in [5.41, 5.74) is -0.503. The molecule has 3 saturated heterocycles. The van der Waals surface area contributed by atoms with Crippen LogP contribution in [0.4, 0.5) is 9.80 Å². The topological polar surface area (TPSA) is 113 Å². The van der Waals surface area contributed by atoms with Crippen LogP contribution < -0.4 is 5.32 Å². The molecule has 43 heavy (non-hydrogen) atoms. The van der Waals surface area contributed by atoms with Crippen LogP contribution in [-0.4, -0.2) is 100 Å². The molecule has 2 unspecified atom stereocenters. The third-order valence-electron chi connectivity index (χ3n) is 8.87. The first-order valence-corrected chi connectivity index (χ1v) is 16.2. The number of carbonyl (C=O) groups excluding carboxylic acids is 4. The maximum Gasteiger partial charge on any atom is 0.479 e. The fraction of sp³-hybridized carbons (Fsp3) is 0.625. The molecule has 3 fully saturated rings. The Morgan fingerprint density at radius 2 is 1.88 bits per heavy atom. The predicted octanol–water partition coefficient (Wildman–Crippen LogP) is 5.09. The largest absolute Gasteiger partial charge is 0.479 e. The minimum Gasteiger partial charge on any atom is -0.444 e. The average molecular weight is 614 g/mol. The number of fused-ring (bicyclic) bond motifs is 1. The van der Waals surface area contributed by atoms with Gasteiger partial charge in [-0.05, 0) is 72.4 Å². The van der Waals surface area contributed by atoms with Gasteiger partial charge in [0.05, 0.1) is 24.4 Å². The summed E-state index contributed by atoms with van der Waals surface area (Å²) in [6.07, 6.45) is 3.81. The van der Waals surface area contributed by atoms with Crippen molar-refractivity contribution in [1.82, 2.24) is 14.7 Å². The molecule has 0 saturated carbocycles. The van der Waals surface area contributed by atoms with Crippen molar-refractivity contribution in [3.05, 3.63) is 29.8 Å². The van der Waals surface area contributed by atoms with Crippen LogP contribution >= 0.6 is 11.3 Å². The van der Waals surface area contributed by atoms with Crippen LogP contribution in [0.25, 0.3) is 10.1 Å². The van der Waals surface area contributed by atoms with Crippen LogP contribution in [0, 0.1) is 5.41 Å². The normalized spacial score (nSPS) is 23.7. The smallest absolute Gasteiger partial charge is 0.444 e. The number of rotatable bonds is 6. The van der Waals surface area contributed by atoms with Crippen molar-refractivity contribution in [1.29, 1.82) is 0 Å². The van der Waals surface area contributed by atoms with Crippen molar-refractivity contribution < 1.29 is 28.7 Å². The molecule has 3 amide bonds. The van der Waals surface area contributed by atoms with Crippen molar-refractivity contribution >= 4 is 50.3 Å². The van der Waals surface area contributed by atoms with Crippen LogP contribution in [-0.2, 0) is 14.3 Å². The van der Waals surface area contributed by atoms with Gasteiger partial charge in [-0.1, -0.05) is 18.2 Å². The van der Waals surface area contributed by atoms with Crippen molar-refractivity contribution in [3.63, 3.8) is 0 Å². The maximum absolute atomic E-state index is 13.9. The number of ether oxygens (including phenoxy) is 2. The van der Waals surface area contributed by atoms with Gasteiger partial charge < -0.3 is 24.1 Å². The molecule has 2 aromatic rings. The number of nitrogens with one attached hydrogen (secondary N) is 1. The Morgan fingerprint density at radius 3 is 2.58 bits per heavy atom. The van der Waals surface area contributed by atoms with Crippen LogP contribution in [0.3, 0.4) is 0 Å². The van der Waals surface area contributed by atoms with Crippen molar-refractivity contribution in [2.45, 2.75) is 84.4 Å². The molecule has 0 radical (unpaired) electrons. The van der Waals surface area contributed by atoms with E-state index in [1.807, 2.05) is 54.8 Å². The third-order valence-corrected chi connectivity index (χ3v) is 9.96. The van der Waals surface area contributed by atoms with Crippen LogP contribution in [0.15, 0.2) is 24.3 Å². The van der Waals surface area contributed by atoms with E-state index >= 15 is 0 Å². The minimum atomic E-state index is -0.647. The van der Waals surface area contributed by atoms with Crippen LogP contribution in [0.1, 0.15) is 77.1 Å². The van der Waals surface area contributed by atoms with E-state index in [1.165, 1.54) is 18.3 Å². The van der Waals surface area contributed by atoms with E-state index in [9.17, 15) is 19.2 Å². The molecule has 4 heterocycles. The molecule has 10 nitrogen and oxygen atoms in total. The van der Waals surface area contributed by atoms with Crippen LogP contribution in [0.5, 0.6) is 0 Å². The van der Waals surface area contributed by atoms with Gasteiger partial charge in [0.15, 0.2) is 0 Å². The maximum atomic E-state index is 13.9. The highest BCUT2D eigenvalue weighted by Gasteiger charge is 2.52. The van der Waals surface area contributed by atoms with Crippen molar-refractivity contribution in [2.75, 3.05) is 44.6 Å². The van der Waals surface area contributed by atoms with E-state index in [-0.39, 0.29) is 29.2 Å². The Balaban J connectivity index is 1.24. The monoisotopic (exact) mass is 613 g/mol. The molecule has 1 spiro atoms. The lowest BCUT2D eigenvalue weighted by Gasteiger charge is -2.45. The number of nitrogens with zero attached hydrogens (tertiary/aromatic N) is 3. The quantitative estimate of drug-likeness (QED) is 0.359. The lowest BCUT2D eigenvalue weighted by Crippen LogP contribution is -2.54. The first-order chi connectivity index (χ1) is 20.4. The van der Waals surface area contributed by atoms with E-state index in [0.717, 1.165) is 55.3 Å². The van der Waals surface area contributed by atoms with Gasteiger partial charge in [0.25, 0.3) is 5.91 Å². The SMILES string of the molecule is CC(=[OH+])OCCN1C(=O)C2(CCCN(C3CCN(C(=O)c4c(NC(=O)OC(C)(C)C)sc5ccccc45)CC3)C2)CC1C. The molecule has 234 valence electrons. The number of anilines is 1. The third kappa shape index (κ3) is 6.82. The highest BCUT2D eigenvalue weighted by atomic mass is 32.1. The number of carbonyl (C=O) groups is 3. The summed E-state index contributed by atoms with van der Waals surface area (Å²) in [4.78, 5) is 55.9. The number of esters is 1. The number of thiophene rings is 1. The van der Waals surface area contributed by atoms with E-state index in [4.69, 9.17) is 9.47 Å². The highest BCUT2D eigenvalue weighted by molar-refractivity contribution is 7.23. The van der Waals surface area contributed by atoms with Gasteiger partial charge in [-0.15, -0.1) is 11.3 Å². The summed E-state index contributed by atoms with van der Waals surface area (Å²) < 4.78 is 11.6. The Bertz CT molecular complexity index is 1380. The molecule has 11 heteroatoms. The van der Waals surface area contributed by atoms with E-state index in [0.29, 0.717) is 42.8 Å². The number of piperidine rings is 2. The summed E-state index contributed by atoms with van der Waals surface area (Å²) in [6, 6.07) is 8.18. The highest BCUT2D eigenvalue weighted by Crippen LogP contribution is 2.44. The summed E-state index contributed by atoms with van der Waals surface area (Å²) in [5.74, 6) is 0.0429. The Morgan fingerprint density at radius 1 is 1.16 bits per heavy atom. The van der Waals surface area contributed by atoms with Gasteiger partial charge in [-0.2, -0.15) is 0 Å². The molecule has 3 aliphatic rings. The van der Waals surface area contributed by atoms with Crippen molar-refractivity contribution in [2.24, 2.45) is 5.41 Å². The molecule has 1 aromatic heterocycles. The zero-order valence-corrected chi connectivity index (χ0v) is 26.8. The summed E-state index contributed by atoms with van der Waals surface area (Å²) in [6.45, 7) is 12.7. The second-order valence-electron chi connectivity index (χ2n) is 13.2. The predicted molar refractivity (Wildman–Crippen MR) is 168 cm³/mol. The molecular formula is C32H45N4O6S+. The van der Waals surface area contributed by atoms with Gasteiger partial charge in [0.1, 0.15) is 10.6 Å².